The zero-order valence-electron chi connectivity index (χ0n) is 7.12. The van der Waals surface area contributed by atoms with Crippen molar-refractivity contribution in [1.82, 2.24) is 4.98 Å². The van der Waals surface area contributed by atoms with E-state index in [-0.39, 0.29) is 0 Å². The third-order valence-corrected chi connectivity index (χ3v) is 2.16. The second-order valence-electron chi connectivity index (χ2n) is 2.74. The largest absolute Gasteiger partial charge is 0.436 e. The highest BCUT2D eigenvalue weighted by atomic mass is 79.9. The number of nitrogens with zero attached hydrogens (tertiary/aromatic N) is 1. The van der Waals surface area contributed by atoms with Crippen LogP contribution >= 0.6 is 15.9 Å². The van der Waals surface area contributed by atoms with E-state index in [0.717, 1.165) is 17.0 Å². The number of rotatable bonds is 1. The minimum absolute atomic E-state index is 0.531. The Labute approximate surface area is 84.7 Å². The summed E-state index contributed by atoms with van der Waals surface area (Å²) in [6.07, 6.45) is 0. The van der Waals surface area contributed by atoms with Crippen LogP contribution in [0, 0.1) is 6.92 Å². The summed E-state index contributed by atoms with van der Waals surface area (Å²) in [5.41, 5.74) is 1.97. The van der Waals surface area contributed by atoms with Gasteiger partial charge >= 0.3 is 0 Å². The summed E-state index contributed by atoms with van der Waals surface area (Å²) in [4.78, 5) is 4.76. The topological polar surface area (TPSA) is 26.0 Å². The molecule has 1 heterocycles. The van der Waals surface area contributed by atoms with E-state index in [9.17, 15) is 0 Å². The predicted octanol–water partition coefficient (Wildman–Crippen LogP) is 3.41. The van der Waals surface area contributed by atoms with Gasteiger partial charge in [-0.3, -0.25) is 0 Å². The minimum atomic E-state index is 0.531. The highest BCUT2D eigenvalue weighted by Gasteiger charge is 2.08. The van der Waals surface area contributed by atoms with Crippen molar-refractivity contribution in [3.63, 3.8) is 0 Å². The maximum Gasteiger partial charge on any atom is 0.264 e. The molecule has 0 saturated heterocycles. The van der Waals surface area contributed by atoms with Gasteiger partial charge in [-0.05, 0) is 6.92 Å². The van der Waals surface area contributed by atoms with Gasteiger partial charge in [0.1, 0.15) is 11.5 Å². The van der Waals surface area contributed by atoms with Crippen LogP contribution in [-0.2, 0) is 0 Å². The fourth-order valence-electron chi connectivity index (χ4n) is 1.23. The van der Waals surface area contributed by atoms with Crippen LogP contribution in [0.25, 0.3) is 11.3 Å². The van der Waals surface area contributed by atoms with Gasteiger partial charge < -0.3 is 4.42 Å². The van der Waals surface area contributed by atoms with E-state index in [1.54, 1.807) is 0 Å². The van der Waals surface area contributed by atoms with Crippen LogP contribution in [0.15, 0.2) is 39.5 Å². The third-order valence-electron chi connectivity index (χ3n) is 1.82. The van der Waals surface area contributed by atoms with E-state index < -0.39 is 0 Å². The molecule has 0 bridgehead atoms. The lowest BCUT2D eigenvalue weighted by Crippen LogP contribution is -1.78. The molecular weight excluding hydrogens is 230 g/mol. The second-order valence-corrected chi connectivity index (χ2v) is 3.42. The first-order chi connectivity index (χ1) is 6.27. The van der Waals surface area contributed by atoms with Crippen molar-refractivity contribution in [3.05, 3.63) is 40.9 Å². The van der Waals surface area contributed by atoms with Gasteiger partial charge in [0, 0.05) is 21.5 Å². The molecule has 2 aromatic rings. The minimum Gasteiger partial charge on any atom is -0.436 e. The lowest BCUT2D eigenvalue weighted by molar-refractivity contribution is 0.501. The van der Waals surface area contributed by atoms with Gasteiger partial charge in [0.05, 0.1) is 0 Å². The van der Waals surface area contributed by atoms with Crippen LogP contribution in [0.1, 0.15) is 5.76 Å². The molecule has 66 valence electrons. The van der Waals surface area contributed by atoms with Gasteiger partial charge in [-0.2, -0.15) is 0 Å². The van der Waals surface area contributed by atoms with Gasteiger partial charge in [-0.25, -0.2) is 4.98 Å². The van der Waals surface area contributed by atoms with E-state index >= 15 is 0 Å². The average molecular weight is 238 g/mol. The summed E-state index contributed by atoms with van der Waals surface area (Å²) in [7, 11) is 0. The number of benzene rings is 1. The molecule has 0 amide bonds. The molecule has 1 aromatic heterocycles. The van der Waals surface area contributed by atoms with Crippen molar-refractivity contribution < 1.29 is 4.42 Å². The van der Waals surface area contributed by atoms with Gasteiger partial charge in [-0.1, -0.05) is 30.3 Å². The number of oxazole rings is 1. The fraction of sp³-hybridized carbons (Fsp3) is 0.100. The molecule has 13 heavy (non-hydrogen) atoms. The van der Waals surface area contributed by atoms with Crippen molar-refractivity contribution in [2.24, 2.45) is 0 Å². The Morgan fingerprint density at radius 2 is 1.92 bits per heavy atom. The smallest absolute Gasteiger partial charge is 0.264 e. The lowest BCUT2D eigenvalue weighted by Gasteiger charge is -1.94. The molecule has 2 rings (SSSR count). The Balaban J connectivity index is 2.53. The number of hydrogen-bond donors (Lipinski definition) is 0. The molecule has 3 heteroatoms. The Morgan fingerprint density at radius 1 is 1.23 bits per heavy atom. The van der Waals surface area contributed by atoms with Crippen molar-refractivity contribution in [2.45, 2.75) is 6.92 Å². The number of aromatic nitrogens is 1. The van der Waals surface area contributed by atoms with Crippen LogP contribution in [0.5, 0.6) is 0 Å². The second kappa shape index (κ2) is 3.34. The molecular formula is C10H8BrNO. The molecule has 1 aromatic carbocycles. The van der Waals surface area contributed by atoms with Crippen molar-refractivity contribution in [1.29, 1.82) is 0 Å². The Hall–Kier alpha value is -1.09. The molecule has 0 fully saturated rings. The van der Waals surface area contributed by atoms with Gasteiger partial charge in [0.15, 0.2) is 0 Å². The Kier molecular flexibility index (Phi) is 2.19. The van der Waals surface area contributed by atoms with Gasteiger partial charge in [0.25, 0.3) is 4.80 Å². The molecule has 0 N–H and O–H groups in total. The zero-order valence-corrected chi connectivity index (χ0v) is 8.71. The molecule has 0 atom stereocenters. The maximum absolute atomic E-state index is 5.27. The Bertz CT molecular complexity index is 408. The van der Waals surface area contributed by atoms with E-state index in [0.29, 0.717) is 4.80 Å². The van der Waals surface area contributed by atoms with Crippen LogP contribution in [-0.4, -0.2) is 4.98 Å². The number of aryl methyl sites for hydroxylation is 1. The van der Waals surface area contributed by atoms with Crippen LogP contribution in [0.2, 0.25) is 0 Å². The molecule has 0 unspecified atom stereocenters. The lowest BCUT2D eigenvalue weighted by atomic mass is 10.1. The molecule has 0 radical (unpaired) electrons. The average Bonchev–Trinajstić information content (AvgIpc) is 2.47. The highest BCUT2D eigenvalue weighted by molar-refractivity contribution is 9.10. The summed E-state index contributed by atoms with van der Waals surface area (Å²) in [5, 5.41) is 0. The zero-order chi connectivity index (χ0) is 9.26. The number of hydrogen-bond acceptors (Lipinski definition) is 2. The molecule has 0 aliphatic heterocycles. The molecule has 0 spiro atoms. The van der Waals surface area contributed by atoms with Crippen molar-refractivity contribution in [3.8, 4) is 11.3 Å². The van der Waals surface area contributed by atoms with E-state index in [2.05, 4.69) is 20.9 Å². The quantitative estimate of drug-likeness (QED) is 0.760. The van der Waals surface area contributed by atoms with Gasteiger partial charge in [0.2, 0.25) is 0 Å². The monoisotopic (exact) mass is 237 g/mol. The van der Waals surface area contributed by atoms with E-state index in [4.69, 9.17) is 4.42 Å². The summed E-state index contributed by atoms with van der Waals surface area (Å²) < 4.78 is 5.27. The maximum atomic E-state index is 5.27. The van der Waals surface area contributed by atoms with E-state index in [1.165, 1.54) is 0 Å². The Morgan fingerprint density at radius 3 is 2.46 bits per heavy atom. The first-order valence-electron chi connectivity index (χ1n) is 3.96. The van der Waals surface area contributed by atoms with Gasteiger partial charge in [-0.15, -0.1) is 0 Å². The summed E-state index contributed by atoms with van der Waals surface area (Å²) in [5.74, 6) is 0.832. The molecule has 2 nitrogen and oxygen atoms in total. The third kappa shape index (κ3) is 1.65. The van der Waals surface area contributed by atoms with Crippen LogP contribution in [0.4, 0.5) is 0 Å². The van der Waals surface area contributed by atoms with Crippen LogP contribution in [0.3, 0.4) is 0 Å². The van der Waals surface area contributed by atoms with Crippen molar-refractivity contribution in [2.75, 3.05) is 0 Å². The van der Waals surface area contributed by atoms with E-state index in [1.807, 2.05) is 37.3 Å². The standard InChI is InChI=1S/C10H8BrNO/c1-7-9(12-10(11)13-7)8-5-3-2-4-6-8/h2-6H,1H3. The first-order valence-corrected chi connectivity index (χ1v) is 4.75. The summed E-state index contributed by atoms with van der Waals surface area (Å²) in [6.45, 7) is 1.90. The number of halogens is 1. The SMILES string of the molecule is Cc1oc(Br)nc1-c1ccccc1. The first kappa shape index (κ1) is 8.51. The highest BCUT2D eigenvalue weighted by Crippen LogP contribution is 2.24. The summed E-state index contributed by atoms with van der Waals surface area (Å²) in [6, 6.07) is 9.97. The molecule has 0 saturated carbocycles. The normalized spacial score (nSPS) is 10.3. The predicted molar refractivity (Wildman–Crippen MR) is 54.4 cm³/mol. The van der Waals surface area contributed by atoms with Crippen LogP contribution < -0.4 is 0 Å². The molecule has 0 aliphatic carbocycles. The molecule has 0 aliphatic rings. The van der Waals surface area contributed by atoms with Crippen molar-refractivity contribution >= 4 is 15.9 Å². The fourth-order valence-corrected chi connectivity index (χ4v) is 1.65. The summed E-state index contributed by atoms with van der Waals surface area (Å²) >= 11 is 3.20.